The molecule has 0 bridgehead atoms. The van der Waals surface area contributed by atoms with E-state index in [1.54, 1.807) is 12.1 Å². The smallest absolute Gasteiger partial charge is 0.127 e. The zero-order chi connectivity index (χ0) is 13.8. The Labute approximate surface area is 134 Å². The maximum atomic E-state index is 13.8. The lowest BCUT2D eigenvalue weighted by molar-refractivity contribution is 0.599. The van der Waals surface area contributed by atoms with Crippen molar-refractivity contribution < 1.29 is 4.39 Å². The van der Waals surface area contributed by atoms with Gasteiger partial charge in [-0.05, 0) is 42.2 Å². The molecule has 2 aromatic rings. The fourth-order valence-corrected chi connectivity index (χ4v) is 3.26. The summed E-state index contributed by atoms with van der Waals surface area (Å²) in [6.45, 7) is 0. The Bertz CT molecular complexity index is 552. The Balaban J connectivity index is 2.29. The van der Waals surface area contributed by atoms with Crippen molar-refractivity contribution >= 4 is 43.5 Å². The minimum atomic E-state index is -0.242. The third-order valence-electron chi connectivity index (χ3n) is 3.02. The molecule has 0 aliphatic carbocycles. The van der Waals surface area contributed by atoms with Crippen LogP contribution in [0.4, 0.5) is 4.39 Å². The second kappa shape index (κ2) is 6.87. The third kappa shape index (κ3) is 3.80. The second-order valence-corrected chi connectivity index (χ2v) is 6.28. The van der Waals surface area contributed by atoms with Crippen LogP contribution in [0.1, 0.15) is 17.0 Å². The van der Waals surface area contributed by atoms with E-state index >= 15 is 0 Å². The minimum Gasteiger partial charge on any atom is -0.207 e. The van der Waals surface area contributed by atoms with Crippen molar-refractivity contribution in [2.75, 3.05) is 5.33 Å². The van der Waals surface area contributed by atoms with Crippen LogP contribution in [0.15, 0.2) is 46.9 Å². The van der Waals surface area contributed by atoms with Crippen LogP contribution in [-0.2, 0) is 6.42 Å². The number of benzene rings is 2. The molecule has 0 nitrogen and oxygen atoms in total. The van der Waals surface area contributed by atoms with Gasteiger partial charge in [0, 0.05) is 20.4 Å². The molecule has 0 N–H and O–H groups in total. The van der Waals surface area contributed by atoms with E-state index in [1.807, 2.05) is 18.2 Å². The van der Waals surface area contributed by atoms with Crippen LogP contribution in [-0.4, -0.2) is 5.33 Å². The fourth-order valence-electron chi connectivity index (χ4n) is 2.00. The van der Waals surface area contributed by atoms with Gasteiger partial charge < -0.3 is 0 Å². The molecule has 0 heterocycles. The van der Waals surface area contributed by atoms with Crippen LogP contribution >= 0.6 is 43.5 Å². The second-order valence-electron chi connectivity index (χ2n) is 4.31. The van der Waals surface area contributed by atoms with E-state index in [9.17, 15) is 4.39 Å². The lowest BCUT2D eigenvalue weighted by atomic mass is 9.93. The van der Waals surface area contributed by atoms with Gasteiger partial charge in [0.2, 0.25) is 0 Å². The Morgan fingerprint density at radius 1 is 1.16 bits per heavy atom. The zero-order valence-corrected chi connectivity index (χ0v) is 14.0. The number of hydrogen-bond acceptors (Lipinski definition) is 0. The fraction of sp³-hybridized carbons (Fsp3) is 0.200. The summed E-state index contributed by atoms with van der Waals surface area (Å²) in [5.41, 5.74) is 1.74. The molecule has 0 fully saturated rings. The van der Waals surface area contributed by atoms with E-state index in [-0.39, 0.29) is 11.7 Å². The maximum Gasteiger partial charge on any atom is 0.127 e. The molecule has 0 saturated carbocycles. The van der Waals surface area contributed by atoms with Crippen LogP contribution in [0.25, 0.3) is 0 Å². The number of rotatable bonds is 4. The molecule has 0 aromatic heterocycles. The molecule has 100 valence electrons. The number of halogens is 4. The van der Waals surface area contributed by atoms with Gasteiger partial charge in [0.25, 0.3) is 0 Å². The first-order valence-electron chi connectivity index (χ1n) is 5.86. The summed E-state index contributed by atoms with van der Waals surface area (Å²) in [4.78, 5) is 0. The predicted octanol–water partition coefficient (Wildman–Crippen LogP) is 5.96. The van der Waals surface area contributed by atoms with E-state index in [1.165, 1.54) is 6.07 Å². The van der Waals surface area contributed by atoms with Crippen LogP contribution in [0.5, 0.6) is 0 Å². The summed E-state index contributed by atoms with van der Waals surface area (Å²) in [7, 11) is 0. The quantitative estimate of drug-likeness (QED) is 0.550. The average molecular weight is 407 g/mol. The van der Waals surface area contributed by atoms with Crippen molar-refractivity contribution in [2.24, 2.45) is 0 Å². The van der Waals surface area contributed by atoms with Crippen LogP contribution in [0, 0.1) is 5.82 Å². The van der Waals surface area contributed by atoms with Crippen molar-refractivity contribution in [2.45, 2.75) is 12.3 Å². The molecule has 4 heteroatoms. The Kier molecular flexibility index (Phi) is 5.43. The van der Waals surface area contributed by atoms with Gasteiger partial charge in [-0.15, -0.1) is 0 Å². The highest BCUT2D eigenvalue weighted by Crippen LogP contribution is 2.29. The number of alkyl halides is 1. The molecule has 0 aliphatic rings. The summed E-state index contributed by atoms with van der Waals surface area (Å²) in [6, 6.07) is 12.9. The van der Waals surface area contributed by atoms with Gasteiger partial charge in [-0.1, -0.05) is 61.7 Å². The lowest BCUT2D eigenvalue weighted by Crippen LogP contribution is -2.06. The highest BCUT2D eigenvalue weighted by atomic mass is 79.9. The molecular weight excluding hydrogens is 394 g/mol. The van der Waals surface area contributed by atoms with Gasteiger partial charge in [-0.2, -0.15) is 0 Å². The molecule has 0 amide bonds. The molecule has 2 rings (SSSR count). The summed E-state index contributed by atoms with van der Waals surface area (Å²) < 4.78 is 14.9. The van der Waals surface area contributed by atoms with Crippen LogP contribution in [0.2, 0.25) is 5.02 Å². The summed E-state index contributed by atoms with van der Waals surface area (Å²) in [5.74, 6) is -0.0552. The third-order valence-corrected chi connectivity index (χ3v) is 4.65. The molecule has 2 aromatic carbocycles. The van der Waals surface area contributed by atoms with Crippen LogP contribution in [0.3, 0.4) is 0 Å². The van der Waals surface area contributed by atoms with Gasteiger partial charge in [-0.25, -0.2) is 4.39 Å². The SMILES string of the molecule is Fc1cccc(Cl)c1CC(CBr)c1cccc(Br)c1. The van der Waals surface area contributed by atoms with E-state index < -0.39 is 0 Å². The Morgan fingerprint density at radius 3 is 2.53 bits per heavy atom. The van der Waals surface area contributed by atoms with E-state index in [0.29, 0.717) is 17.0 Å². The molecule has 0 aliphatic heterocycles. The molecule has 1 unspecified atom stereocenters. The zero-order valence-electron chi connectivity index (χ0n) is 10.0. The van der Waals surface area contributed by atoms with Gasteiger partial charge >= 0.3 is 0 Å². The van der Waals surface area contributed by atoms with Crippen LogP contribution < -0.4 is 0 Å². The predicted molar refractivity (Wildman–Crippen MR) is 85.8 cm³/mol. The highest BCUT2D eigenvalue weighted by molar-refractivity contribution is 9.10. The van der Waals surface area contributed by atoms with Crippen molar-refractivity contribution in [3.05, 3.63) is 68.9 Å². The lowest BCUT2D eigenvalue weighted by Gasteiger charge is -2.16. The topological polar surface area (TPSA) is 0 Å². The molecule has 0 spiro atoms. The van der Waals surface area contributed by atoms with Gasteiger partial charge in [0.05, 0.1) is 0 Å². The molecule has 0 saturated heterocycles. The Hall–Kier alpha value is -0.380. The van der Waals surface area contributed by atoms with Crippen molar-refractivity contribution in [3.63, 3.8) is 0 Å². The molecule has 1 atom stereocenters. The summed E-state index contributed by atoms with van der Waals surface area (Å²) >= 11 is 13.0. The van der Waals surface area contributed by atoms with E-state index in [0.717, 1.165) is 15.4 Å². The monoisotopic (exact) mass is 404 g/mol. The van der Waals surface area contributed by atoms with E-state index in [2.05, 4.69) is 37.9 Å². The van der Waals surface area contributed by atoms with E-state index in [4.69, 9.17) is 11.6 Å². The first-order valence-corrected chi connectivity index (χ1v) is 8.15. The normalized spacial score (nSPS) is 12.4. The van der Waals surface area contributed by atoms with Crippen molar-refractivity contribution in [1.29, 1.82) is 0 Å². The maximum absolute atomic E-state index is 13.8. The van der Waals surface area contributed by atoms with Gasteiger partial charge in [0.15, 0.2) is 0 Å². The molecule has 0 radical (unpaired) electrons. The first-order chi connectivity index (χ1) is 9.11. The van der Waals surface area contributed by atoms with Gasteiger partial charge in [0.1, 0.15) is 5.82 Å². The van der Waals surface area contributed by atoms with Crippen molar-refractivity contribution in [3.8, 4) is 0 Å². The number of hydrogen-bond donors (Lipinski definition) is 0. The van der Waals surface area contributed by atoms with Crippen molar-refractivity contribution in [1.82, 2.24) is 0 Å². The molecular formula is C15H12Br2ClF. The summed E-state index contributed by atoms with van der Waals surface area (Å²) in [6.07, 6.45) is 0.577. The first kappa shape index (κ1) is 15.0. The largest absolute Gasteiger partial charge is 0.207 e. The Morgan fingerprint density at radius 2 is 1.89 bits per heavy atom. The summed E-state index contributed by atoms with van der Waals surface area (Å²) in [5, 5.41) is 1.25. The van der Waals surface area contributed by atoms with Gasteiger partial charge in [-0.3, -0.25) is 0 Å². The average Bonchev–Trinajstić information content (AvgIpc) is 2.38. The minimum absolute atomic E-state index is 0.187. The standard InChI is InChI=1S/C15H12Br2ClF/c16-9-11(10-3-1-4-12(17)7-10)8-13-14(18)5-2-6-15(13)19/h1-7,11H,8-9H2. The highest BCUT2D eigenvalue weighted by Gasteiger charge is 2.16. The molecule has 19 heavy (non-hydrogen) atoms.